The zero-order chi connectivity index (χ0) is 23.1. The van der Waals surface area contributed by atoms with Crippen LogP contribution in [0.2, 0.25) is 0 Å². The molecule has 6 nitrogen and oxygen atoms in total. The van der Waals surface area contributed by atoms with Gasteiger partial charge in [-0.15, -0.1) is 0 Å². The number of methoxy groups -OCH3 is 2. The molecule has 3 aromatic carbocycles. The van der Waals surface area contributed by atoms with Gasteiger partial charge in [-0.2, -0.15) is 0 Å². The van der Waals surface area contributed by atoms with Crippen LogP contribution in [-0.2, 0) is 9.59 Å². The zero-order valence-corrected chi connectivity index (χ0v) is 19.1. The second-order valence-electron chi connectivity index (χ2n) is 7.70. The Morgan fingerprint density at radius 1 is 0.969 bits per heavy atom. The van der Waals surface area contributed by atoms with Gasteiger partial charge in [-0.25, -0.2) is 0 Å². The van der Waals surface area contributed by atoms with Gasteiger partial charge >= 0.3 is 0 Å². The number of fused-ring (bicyclic) bond motifs is 1. The van der Waals surface area contributed by atoms with Crippen molar-refractivity contribution in [2.45, 2.75) is 26.2 Å². The monoisotopic (exact) mass is 434 g/mol. The highest BCUT2D eigenvalue weighted by molar-refractivity contribution is 5.96. The minimum absolute atomic E-state index is 0.0140. The third-order valence-corrected chi connectivity index (χ3v) is 5.46. The number of nitrogens with zero attached hydrogens (tertiary/aromatic N) is 1. The quantitative estimate of drug-likeness (QED) is 0.523. The van der Waals surface area contributed by atoms with Gasteiger partial charge in [0.05, 0.1) is 32.4 Å². The van der Waals surface area contributed by atoms with E-state index in [-0.39, 0.29) is 24.3 Å². The van der Waals surface area contributed by atoms with E-state index in [4.69, 9.17) is 9.47 Å². The van der Waals surface area contributed by atoms with Crippen LogP contribution in [0.1, 0.15) is 31.7 Å². The molecule has 6 heteroatoms. The molecule has 0 heterocycles. The van der Waals surface area contributed by atoms with Gasteiger partial charge in [0, 0.05) is 6.54 Å². The van der Waals surface area contributed by atoms with Gasteiger partial charge in [0.1, 0.15) is 11.5 Å². The molecule has 0 bridgehead atoms. The molecule has 0 saturated heterocycles. The van der Waals surface area contributed by atoms with Crippen molar-refractivity contribution in [3.63, 3.8) is 0 Å². The van der Waals surface area contributed by atoms with E-state index in [9.17, 15) is 9.59 Å². The summed E-state index contributed by atoms with van der Waals surface area (Å²) in [7, 11) is 3.20. The second kappa shape index (κ2) is 10.7. The highest BCUT2D eigenvalue weighted by Gasteiger charge is 2.24. The molecule has 1 unspecified atom stereocenters. The van der Waals surface area contributed by atoms with E-state index in [1.165, 1.54) is 0 Å². The van der Waals surface area contributed by atoms with Gasteiger partial charge in [-0.1, -0.05) is 43.3 Å². The van der Waals surface area contributed by atoms with E-state index in [0.29, 0.717) is 18.0 Å². The lowest BCUT2D eigenvalue weighted by Gasteiger charge is -2.25. The fraction of sp³-hybridized carbons (Fsp3) is 0.308. The highest BCUT2D eigenvalue weighted by atomic mass is 16.5. The minimum atomic E-state index is -0.368. The molecular weight excluding hydrogens is 404 g/mol. The predicted molar refractivity (Wildman–Crippen MR) is 127 cm³/mol. The first kappa shape index (κ1) is 23.1. The fourth-order valence-corrected chi connectivity index (χ4v) is 3.70. The van der Waals surface area contributed by atoms with Gasteiger partial charge < -0.3 is 19.7 Å². The average Bonchev–Trinajstić information content (AvgIpc) is 2.82. The number of benzene rings is 3. The molecule has 0 aromatic heterocycles. The molecule has 0 radical (unpaired) electrons. The zero-order valence-electron chi connectivity index (χ0n) is 19.1. The van der Waals surface area contributed by atoms with Crippen LogP contribution >= 0.6 is 0 Å². The standard InChI is InChI=1S/C26H30N2O4/c1-5-14-28(17-25(29)27-23-8-6-7-9-24(23)32-4)26(30)18(2)19-10-11-21-16-22(31-3)13-12-20(21)15-19/h6-13,15-16,18H,5,14,17H2,1-4H3,(H,27,29). The molecule has 1 atom stereocenters. The average molecular weight is 435 g/mol. The Morgan fingerprint density at radius 2 is 1.69 bits per heavy atom. The van der Waals surface area contributed by atoms with Gasteiger partial charge in [-0.3, -0.25) is 9.59 Å². The Hall–Kier alpha value is -3.54. The van der Waals surface area contributed by atoms with E-state index in [2.05, 4.69) is 5.32 Å². The molecule has 1 N–H and O–H groups in total. The number of hydrogen-bond donors (Lipinski definition) is 1. The van der Waals surface area contributed by atoms with Gasteiger partial charge in [0.2, 0.25) is 11.8 Å². The molecule has 32 heavy (non-hydrogen) atoms. The number of rotatable bonds is 9. The number of nitrogens with one attached hydrogen (secondary N) is 1. The molecule has 3 rings (SSSR count). The largest absolute Gasteiger partial charge is 0.497 e. The van der Waals surface area contributed by atoms with Crippen molar-refractivity contribution in [2.24, 2.45) is 0 Å². The summed E-state index contributed by atoms with van der Waals surface area (Å²) >= 11 is 0. The Kier molecular flexibility index (Phi) is 7.71. The summed E-state index contributed by atoms with van der Waals surface area (Å²) in [5.74, 6) is 0.677. The van der Waals surface area contributed by atoms with Crippen LogP contribution in [0.4, 0.5) is 5.69 Å². The van der Waals surface area contributed by atoms with Crippen molar-refractivity contribution in [1.82, 2.24) is 4.90 Å². The molecule has 0 aliphatic carbocycles. The topological polar surface area (TPSA) is 67.9 Å². The Balaban J connectivity index is 1.74. The molecule has 0 saturated carbocycles. The number of ether oxygens (including phenoxy) is 2. The predicted octanol–water partition coefficient (Wildman–Crippen LogP) is 4.84. The first-order chi connectivity index (χ1) is 15.5. The summed E-state index contributed by atoms with van der Waals surface area (Å²) in [5, 5.41) is 4.94. The first-order valence-electron chi connectivity index (χ1n) is 10.8. The van der Waals surface area contributed by atoms with Gasteiger partial charge in [0.15, 0.2) is 0 Å². The molecule has 0 aliphatic rings. The number of carbonyl (C=O) groups is 2. The van der Waals surface area contributed by atoms with Crippen molar-refractivity contribution >= 4 is 28.3 Å². The Morgan fingerprint density at radius 3 is 2.41 bits per heavy atom. The number of amides is 2. The van der Waals surface area contributed by atoms with Crippen molar-refractivity contribution in [3.05, 3.63) is 66.2 Å². The maximum Gasteiger partial charge on any atom is 0.244 e. The van der Waals surface area contributed by atoms with Crippen LogP contribution in [0.3, 0.4) is 0 Å². The van der Waals surface area contributed by atoms with Crippen LogP contribution in [0.15, 0.2) is 60.7 Å². The van der Waals surface area contributed by atoms with Crippen LogP contribution in [0.5, 0.6) is 11.5 Å². The summed E-state index contributed by atoms with van der Waals surface area (Å²) < 4.78 is 10.6. The van der Waals surface area contributed by atoms with Crippen molar-refractivity contribution in [1.29, 1.82) is 0 Å². The van der Waals surface area contributed by atoms with E-state index < -0.39 is 0 Å². The maximum atomic E-state index is 13.3. The molecule has 0 fully saturated rings. The van der Waals surface area contributed by atoms with E-state index in [0.717, 1.165) is 28.5 Å². The van der Waals surface area contributed by atoms with Crippen LogP contribution in [0.25, 0.3) is 10.8 Å². The smallest absolute Gasteiger partial charge is 0.244 e. The van der Waals surface area contributed by atoms with Crippen LogP contribution < -0.4 is 14.8 Å². The molecule has 3 aromatic rings. The van der Waals surface area contributed by atoms with Crippen molar-refractivity contribution in [2.75, 3.05) is 32.6 Å². The fourth-order valence-electron chi connectivity index (χ4n) is 3.70. The van der Waals surface area contributed by atoms with Crippen molar-refractivity contribution in [3.8, 4) is 11.5 Å². The van der Waals surface area contributed by atoms with Crippen molar-refractivity contribution < 1.29 is 19.1 Å². The van der Waals surface area contributed by atoms with E-state index in [1.807, 2.05) is 62.4 Å². The highest BCUT2D eigenvalue weighted by Crippen LogP contribution is 2.27. The van der Waals surface area contributed by atoms with Crippen LogP contribution in [0, 0.1) is 0 Å². The Labute approximate surface area is 189 Å². The summed E-state index contributed by atoms with van der Waals surface area (Å²) in [6.45, 7) is 4.37. The minimum Gasteiger partial charge on any atom is -0.497 e. The lowest BCUT2D eigenvalue weighted by molar-refractivity contribution is -0.135. The lowest BCUT2D eigenvalue weighted by Crippen LogP contribution is -2.40. The molecule has 0 spiro atoms. The van der Waals surface area contributed by atoms with Gasteiger partial charge in [-0.05, 0) is 53.9 Å². The van der Waals surface area contributed by atoms with E-state index >= 15 is 0 Å². The summed E-state index contributed by atoms with van der Waals surface area (Å²) in [6, 6.07) is 19.1. The van der Waals surface area contributed by atoms with E-state index in [1.54, 1.807) is 31.3 Å². The Bertz CT molecular complexity index is 1100. The number of anilines is 1. The molecule has 168 valence electrons. The second-order valence-corrected chi connectivity index (χ2v) is 7.70. The number of carbonyl (C=O) groups excluding carboxylic acids is 2. The third kappa shape index (κ3) is 5.38. The number of para-hydroxylation sites is 2. The molecule has 2 amide bonds. The SMILES string of the molecule is CCCN(CC(=O)Nc1ccccc1OC)C(=O)C(C)c1ccc2cc(OC)ccc2c1. The lowest BCUT2D eigenvalue weighted by atomic mass is 9.96. The van der Waals surface area contributed by atoms with Gasteiger partial charge in [0.25, 0.3) is 0 Å². The summed E-state index contributed by atoms with van der Waals surface area (Å²) in [5.41, 5.74) is 1.50. The first-order valence-corrected chi connectivity index (χ1v) is 10.8. The number of hydrogen-bond acceptors (Lipinski definition) is 4. The summed E-state index contributed by atoms with van der Waals surface area (Å²) in [4.78, 5) is 27.6. The van der Waals surface area contributed by atoms with Crippen LogP contribution in [-0.4, -0.2) is 44.0 Å². The normalized spacial score (nSPS) is 11.6. The third-order valence-electron chi connectivity index (χ3n) is 5.46. The maximum absolute atomic E-state index is 13.3. The molecule has 0 aliphatic heterocycles. The molecular formula is C26H30N2O4. The summed E-state index contributed by atoms with van der Waals surface area (Å²) in [6.07, 6.45) is 0.762.